The number of nitrogens with one attached hydrogen (secondary N) is 3. The number of rotatable bonds is 15. The molecule has 0 aliphatic carbocycles. The molecule has 3 N–H and O–H groups in total. The summed E-state index contributed by atoms with van der Waals surface area (Å²) < 4.78 is 17.0. The molecule has 0 saturated carbocycles. The molecule has 1 amide bonds. The van der Waals surface area contributed by atoms with Crippen molar-refractivity contribution in [3.63, 3.8) is 0 Å². The van der Waals surface area contributed by atoms with E-state index >= 15 is 0 Å². The van der Waals surface area contributed by atoms with E-state index in [1.54, 1.807) is 24.3 Å². The minimum absolute atomic E-state index is 0.0434. The maximum atomic E-state index is 12.2. The van der Waals surface area contributed by atoms with Crippen LogP contribution in [0.3, 0.4) is 0 Å². The second-order valence-electron chi connectivity index (χ2n) is 6.59. The van der Waals surface area contributed by atoms with Crippen molar-refractivity contribution in [2.75, 3.05) is 46.2 Å². The van der Waals surface area contributed by atoms with Crippen LogP contribution in [0.5, 0.6) is 0 Å². The van der Waals surface area contributed by atoms with Crippen molar-refractivity contribution in [1.29, 1.82) is 0 Å². The summed E-state index contributed by atoms with van der Waals surface area (Å²) in [7, 11) is 0. The Balaban J connectivity index is 1.52. The molecule has 31 heavy (non-hydrogen) atoms. The second kappa shape index (κ2) is 13.3. The number of hydrogen-bond donors (Lipinski definition) is 3. The molecule has 11 nitrogen and oxygen atoms in total. The van der Waals surface area contributed by atoms with Crippen molar-refractivity contribution in [1.82, 2.24) is 20.1 Å². The normalized spacial score (nSPS) is 10.9. The number of H-pyrrole nitrogens is 2. The minimum Gasteiger partial charge on any atom is -0.379 e. The van der Waals surface area contributed by atoms with E-state index < -0.39 is 11.4 Å². The van der Waals surface area contributed by atoms with E-state index in [1.165, 1.54) is 6.92 Å². The van der Waals surface area contributed by atoms with Crippen LogP contribution >= 0.6 is 0 Å². The predicted octanol–water partition coefficient (Wildman–Crippen LogP) is 0.00270. The van der Waals surface area contributed by atoms with Crippen LogP contribution in [0.25, 0.3) is 5.69 Å². The second-order valence-corrected chi connectivity index (χ2v) is 6.59. The van der Waals surface area contributed by atoms with E-state index in [4.69, 9.17) is 14.2 Å². The van der Waals surface area contributed by atoms with Gasteiger partial charge in [-0.15, -0.1) is 0 Å². The number of carbonyl (C=O) groups excluding carboxylic acids is 2. The molecule has 0 bridgehead atoms. The molecular formula is C20H28N4O7. The van der Waals surface area contributed by atoms with Gasteiger partial charge < -0.3 is 19.5 Å². The van der Waals surface area contributed by atoms with Gasteiger partial charge in [0.15, 0.2) is 5.78 Å². The average Bonchev–Trinajstić information content (AvgIpc) is 3.09. The fourth-order valence-electron chi connectivity index (χ4n) is 2.66. The van der Waals surface area contributed by atoms with Crippen LogP contribution in [0.2, 0.25) is 0 Å². The van der Waals surface area contributed by atoms with Gasteiger partial charge >= 0.3 is 11.4 Å². The number of nitrogens with zero attached hydrogens (tertiary/aromatic N) is 1. The van der Waals surface area contributed by atoms with Crippen molar-refractivity contribution in [3.8, 4) is 5.69 Å². The van der Waals surface area contributed by atoms with Crippen molar-refractivity contribution in [2.24, 2.45) is 0 Å². The van der Waals surface area contributed by atoms with Gasteiger partial charge in [0.2, 0.25) is 5.91 Å². The first kappa shape index (κ1) is 24.3. The number of aromatic nitrogens is 3. The summed E-state index contributed by atoms with van der Waals surface area (Å²) in [6.45, 7) is 4.56. The van der Waals surface area contributed by atoms with Crippen LogP contribution in [-0.2, 0) is 19.0 Å². The highest BCUT2D eigenvalue weighted by atomic mass is 16.5. The molecule has 2 aromatic rings. The molecular weight excluding hydrogens is 408 g/mol. The number of carbonyl (C=O) groups is 2. The molecule has 170 valence electrons. The van der Waals surface area contributed by atoms with Gasteiger partial charge in [-0.05, 0) is 30.7 Å². The molecule has 1 heterocycles. The average molecular weight is 436 g/mol. The molecule has 0 atom stereocenters. The molecule has 2 rings (SSSR count). The molecule has 11 heteroatoms. The standard InChI is InChI=1S/C20H28N4O7/c1-15(25)21-8-10-30-12-14-31-13-11-29-9-2-3-18(26)16-4-6-17(7-5-16)24-19(27)22-23-20(24)28/h4-7H,2-3,8-14H2,1H3,(H,21,25)(H,22,27)(H,23,28). The van der Waals surface area contributed by atoms with E-state index in [0.29, 0.717) is 70.3 Å². The Morgan fingerprint density at radius 3 is 2.00 bits per heavy atom. The van der Waals surface area contributed by atoms with Gasteiger partial charge in [-0.2, -0.15) is 0 Å². The van der Waals surface area contributed by atoms with Crippen LogP contribution in [0.4, 0.5) is 0 Å². The van der Waals surface area contributed by atoms with Gasteiger partial charge in [0.25, 0.3) is 0 Å². The molecule has 0 spiro atoms. The van der Waals surface area contributed by atoms with E-state index in [0.717, 1.165) is 4.57 Å². The van der Waals surface area contributed by atoms with Gasteiger partial charge in [-0.3, -0.25) is 9.59 Å². The van der Waals surface area contributed by atoms with Crippen molar-refractivity contribution in [3.05, 3.63) is 50.8 Å². The Kier molecular flexibility index (Phi) is 10.4. The highest BCUT2D eigenvalue weighted by molar-refractivity contribution is 5.96. The Morgan fingerprint density at radius 2 is 1.42 bits per heavy atom. The summed E-state index contributed by atoms with van der Waals surface area (Å²) in [6, 6.07) is 6.28. The lowest BCUT2D eigenvalue weighted by atomic mass is 10.1. The van der Waals surface area contributed by atoms with Crippen LogP contribution in [0, 0.1) is 0 Å². The van der Waals surface area contributed by atoms with E-state index in [2.05, 4.69) is 15.5 Å². The highest BCUT2D eigenvalue weighted by Crippen LogP contribution is 2.09. The number of Topliss-reactive ketones (excluding diaryl/α,β-unsaturated/α-hetero) is 1. The molecule has 1 aromatic carbocycles. The maximum absolute atomic E-state index is 12.2. The molecule has 0 aliphatic rings. The Hall–Kier alpha value is -3.02. The lowest BCUT2D eigenvalue weighted by molar-refractivity contribution is -0.119. The Labute approximate surface area is 178 Å². The topological polar surface area (TPSA) is 145 Å². The maximum Gasteiger partial charge on any atom is 0.348 e. The van der Waals surface area contributed by atoms with E-state index in [-0.39, 0.29) is 11.7 Å². The van der Waals surface area contributed by atoms with E-state index in [9.17, 15) is 19.2 Å². The SMILES string of the molecule is CC(=O)NCCOCCOCCOCCCC(=O)c1ccc(-n2c(=O)[nH][nH]c2=O)cc1. The summed E-state index contributed by atoms with van der Waals surface area (Å²) >= 11 is 0. The van der Waals surface area contributed by atoms with Gasteiger partial charge in [0.05, 0.1) is 38.7 Å². The van der Waals surface area contributed by atoms with Crippen molar-refractivity contribution in [2.45, 2.75) is 19.8 Å². The van der Waals surface area contributed by atoms with Crippen LogP contribution < -0.4 is 16.7 Å². The van der Waals surface area contributed by atoms with E-state index in [1.807, 2.05) is 0 Å². The van der Waals surface area contributed by atoms with Gasteiger partial charge in [0, 0.05) is 32.1 Å². The monoisotopic (exact) mass is 436 g/mol. The zero-order valence-electron chi connectivity index (χ0n) is 17.5. The summed E-state index contributed by atoms with van der Waals surface area (Å²) in [5.41, 5.74) is -0.254. The lowest BCUT2D eigenvalue weighted by Crippen LogP contribution is -2.25. The fourth-order valence-corrected chi connectivity index (χ4v) is 2.66. The lowest BCUT2D eigenvalue weighted by Gasteiger charge is -2.07. The Bertz CT molecular complexity index is 902. The smallest absolute Gasteiger partial charge is 0.348 e. The van der Waals surface area contributed by atoms with Gasteiger partial charge in [-0.25, -0.2) is 24.4 Å². The minimum atomic E-state index is -0.570. The third-order valence-electron chi connectivity index (χ3n) is 4.19. The van der Waals surface area contributed by atoms with Crippen molar-refractivity contribution < 1.29 is 23.8 Å². The summed E-state index contributed by atoms with van der Waals surface area (Å²) in [6.07, 6.45) is 0.900. The highest BCUT2D eigenvalue weighted by Gasteiger charge is 2.09. The number of aromatic amines is 2. The summed E-state index contributed by atoms with van der Waals surface area (Å²) in [5.74, 6) is -0.127. The van der Waals surface area contributed by atoms with Crippen molar-refractivity contribution >= 4 is 11.7 Å². The molecule has 0 aliphatic heterocycles. The third-order valence-corrected chi connectivity index (χ3v) is 4.19. The number of hydrogen-bond acceptors (Lipinski definition) is 7. The van der Waals surface area contributed by atoms with Gasteiger partial charge in [-0.1, -0.05) is 0 Å². The largest absolute Gasteiger partial charge is 0.379 e. The molecule has 0 radical (unpaired) electrons. The van der Waals surface area contributed by atoms with Crippen LogP contribution in [0.15, 0.2) is 33.9 Å². The molecule has 0 fully saturated rings. The quantitative estimate of drug-likeness (QED) is 0.263. The molecule has 0 saturated heterocycles. The number of ketones is 1. The summed E-state index contributed by atoms with van der Waals surface area (Å²) in [4.78, 5) is 46.1. The number of amides is 1. The number of ether oxygens (including phenoxy) is 3. The fraction of sp³-hybridized carbons (Fsp3) is 0.500. The zero-order valence-corrected chi connectivity index (χ0v) is 17.5. The molecule has 1 aromatic heterocycles. The first-order valence-electron chi connectivity index (χ1n) is 10.00. The number of benzene rings is 1. The predicted molar refractivity (Wildman–Crippen MR) is 112 cm³/mol. The molecule has 0 unspecified atom stereocenters. The first-order valence-corrected chi connectivity index (χ1v) is 10.00. The van der Waals surface area contributed by atoms with Gasteiger partial charge in [0.1, 0.15) is 0 Å². The van der Waals surface area contributed by atoms with Crippen LogP contribution in [-0.4, -0.2) is 72.6 Å². The Morgan fingerprint density at radius 1 is 0.871 bits per heavy atom. The first-order chi connectivity index (χ1) is 15.0. The van der Waals surface area contributed by atoms with Crippen LogP contribution in [0.1, 0.15) is 30.1 Å². The third kappa shape index (κ3) is 8.70. The summed E-state index contributed by atoms with van der Waals surface area (Å²) in [5, 5.41) is 7.04. The zero-order chi connectivity index (χ0) is 22.5.